The van der Waals surface area contributed by atoms with Crippen LogP contribution in [0.25, 0.3) is 5.57 Å². The molecule has 0 bridgehead atoms. The van der Waals surface area contributed by atoms with E-state index >= 15 is 0 Å². The molecule has 12 heavy (non-hydrogen) atoms. The van der Waals surface area contributed by atoms with Gasteiger partial charge < -0.3 is 0 Å². The van der Waals surface area contributed by atoms with Gasteiger partial charge in [-0.25, -0.2) is 0 Å². The van der Waals surface area contributed by atoms with E-state index in [1.807, 2.05) is 18.2 Å². The quantitative estimate of drug-likeness (QED) is 0.749. The highest BCUT2D eigenvalue weighted by molar-refractivity contribution is 9.28. The van der Waals surface area contributed by atoms with Gasteiger partial charge in [0.15, 0.2) is 0 Å². The first-order valence-corrected chi connectivity index (χ1v) is 5.44. The molecule has 0 aliphatic heterocycles. The lowest BCUT2D eigenvalue weighted by atomic mass is 10.1. The lowest BCUT2D eigenvalue weighted by Gasteiger charge is -2.04. The Morgan fingerprint density at radius 2 is 1.75 bits per heavy atom. The van der Waals surface area contributed by atoms with Crippen molar-refractivity contribution in [2.75, 3.05) is 0 Å². The van der Waals surface area contributed by atoms with E-state index in [1.165, 1.54) is 11.1 Å². The Hall–Kier alpha value is -0.0800. The Labute approximate surface area is 89.9 Å². The summed E-state index contributed by atoms with van der Waals surface area (Å²) in [7, 11) is 0. The molecule has 0 amide bonds. The van der Waals surface area contributed by atoms with Crippen molar-refractivity contribution in [2.24, 2.45) is 0 Å². The third-order valence-corrected chi connectivity index (χ3v) is 2.66. The second-order valence-corrected chi connectivity index (χ2v) is 5.11. The summed E-state index contributed by atoms with van der Waals surface area (Å²) in [5, 5.41) is 0. The second kappa shape index (κ2) is 4.83. The van der Waals surface area contributed by atoms with Crippen molar-refractivity contribution >= 4 is 37.4 Å². The Morgan fingerprint density at radius 3 is 2.17 bits per heavy atom. The Morgan fingerprint density at radius 1 is 1.17 bits per heavy atom. The van der Waals surface area contributed by atoms with Gasteiger partial charge in [-0.15, -0.1) is 0 Å². The summed E-state index contributed by atoms with van der Waals surface area (Å²) in [6.45, 7) is 2.14. The summed E-state index contributed by atoms with van der Waals surface area (Å²) in [4.78, 5) is 0. The summed E-state index contributed by atoms with van der Waals surface area (Å²) >= 11 is 6.87. The first-order valence-electron chi connectivity index (χ1n) is 3.85. The molecule has 0 saturated heterocycles. The molecular formula is C10H10Br2. The molecule has 1 aromatic rings. The van der Waals surface area contributed by atoms with E-state index in [2.05, 4.69) is 50.9 Å². The van der Waals surface area contributed by atoms with E-state index in [0.29, 0.717) is 0 Å². The van der Waals surface area contributed by atoms with Crippen LogP contribution >= 0.6 is 31.9 Å². The van der Waals surface area contributed by atoms with Crippen molar-refractivity contribution in [3.8, 4) is 0 Å². The molecule has 0 fully saturated rings. The number of rotatable bonds is 2. The van der Waals surface area contributed by atoms with Gasteiger partial charge in [0.25, 0.3) is 0 Å². The van der Waals surface area contributed by atoms with Crippen molar-refractivity contribution < 1.29 is 0 Å². The van der Waals surface area contributed by atoms with Gasteiger partial charge in [0.1, 0.15) is 0 Å². The largest absolute Gasteiger partial charge is 0.0641 e. The van der Waals surface area contributed by atoms with Crippen LogP contribution in [0.5, 0.6) is 0 Å². The highest BCUT2D eigenvalue weighted by Crippen LogP contribution is 2.29. The molecule has 0 aliphatic rings. The molecule has 1 rings (SSSR count). The van der Waals surface area contributed by atoms with Crippen LogP contribution < -0.4 is 0 Å². The van der Waals surface area contributed by atoms with Gasteiger partial charge in [0, 0.05) is 0 Å². The fourth-order valence-electron chi connectivity index (χ4n) is 1.09. The predicted molar refractivity (Wildman–Crippen MR) is 61.5 cm³/mol. The summed E-state index contributed by atoms with van der Waals surface area (Å²) in [6, 6.07) is 10.4. The fourth-order valence-corrected chi connectivity index (χ4v) is 2.10. The van der Waals surface area contributed by atoms with E-state index in [-0.39, 0.29) is 0 Å². The highest BCUT2D eigenvalue weighted by atomic mass is 79.9. The predicted octanol–water partition coefficient (Wildman–Crippen LogP) is 4.56. The van der Waals surface area contributed by atoms with Crippen LogP contribution in [0.4, 0.5) is 0 Å². The number of halogens is 2. The highest BCUT2D eigenvalue weighted by Gasteiger charge is 2.01. The summed E-state index contributed by atoms with van der Waals surface area (Å²) in [5.74, 6) is 0. The molecule has 2 heteroatoms. The normalized spacial score (nSPS) is 9.58. The molecule has 0 unspecified atom stereocenters. The smallest absolute Gasteiger partial charge is 0.0622 e. The molecular weight excluding hydrogens is 280 g/mol. The molecule has 0 saturated carbocycles. The Balaban J connectivity index is 3.05. The van der Waals surface area contributed by atoms with Gasteiger partial charge in [-0.2, -0.15) is 0 Å². The second-order valence-electron chi connectivity index (χ2n) is 2.46. The van der Waals surface area contributed by atoms with Crippen LogP contribution in [0, 0.1) is 0 Å². The van der Waals surface area contributed by atoms with Crippen molar-refractivity contribution in [1.82, 2.24) is 0 Å². The molecule has 64 valence electrons. The van der Waals surface area contributed by atoms with E-state index in [1.54, 1.807) is 0 Å². The molecule has 0 aliphatic carbocycles. The monoisotopic (exact) mass is 288 g/mol. The third-order valence-electron chi connectivity index (χ3n) is 1.70. The minimum Gasteiger partial charge on any atom is -0.0622 e. The average molecular weight is 290 g/mol. The number of hydrogen-bond acceptors (Lipinski definition) is 0. The third kappa shape index (κ3) is 2.46. The zero-order valence-electron chi connectivity index (χ0n) is 6.85. The summed E-state index contributed by atoms with van der Waals surface area (Å²) in [6.07, 6.45) is 1.02. The maximum atomic E-state index is 3.43. The van der Waals surface area contributed by atoms with E-state index in [4.69, 9.17) is 0 Å². The Kier molecular flexibility index (Phi) is 4.02. The first-order chi connectivity index (χ1) is 5.75. The minimum absolute atomic E-state index is 1.02. The molecule has 0 radical (unpaired) electrons. The topological polar surface area (TPSA) is 0 Å². The van der Waals surface area contributed by atoms with Gasteiger partial charge in [0.2, 0.25) is 0 Å². The maximum Gasteiger partial charge on any atom is 0.0641 e. The number of hydrogen-bond donors (Lipinski definition) is 0. The molecule has 0 N–H and O–H groups in total. The molecule has 0 heterocycles. The van der Waals surface area contributed by atoms with Gasteiger partial charge in [-0.1, -0.05) is 37.3 Å². The molecule has 0 aromatic heterocycles. The number of allylic oxidation sites excluding steroid dienone is 1. The minimum atomic E-state index is 1.02. The van der Waals surface area contributed by atoms with E-state index in [9.17, 15) is 0 Å². The van der Waals surface area contributed by atoms with Gasteiger partial charge in [-0.05, 0) is 49.4 Å². The lowest BCUT2D eigenvalue weighted by molar-refractivity contribution is 1.24. The fraction of sp³-hybridized carbons (Fsp3) is 0.200. The molecule has 0 atom stereocenters. The van der Waals surface area contributed by atoms with Crippen LogP contribution in [-0.2, 0) is 0 Å². The first kappa shape index (κ1) is 10.0. The van der Waals surface area contributed by atoms with Gasteiger partial charge >= 0.3 is 0 Å². The summed E-state index contributed by atoms with van der Waals surface area (Å²) in [5.41, 5.74) is 2.57. The van der Waals surface area contributed by atoms with Crippen LogP contribution in [0.3, 0.4) is 0 Å². The zero-order valence-corrected chi connectivity index (χ0v) is 10.0. The van der Waals surface area contributed by atoms with Gasteiger partial charge in [-0.3, -0.25) is 0 Å². The van der Waals surface area contributed by atoms with E-state index < -0.39 is 0 Å². The van der Waals surface area contributed by atoms with Crippen molar-refractivity contribution in [3.05, 3.63) is 39.3 Å². The molecule has 1 aromatic carbocycles. The van der Waals surface area contributed by atoms with E-state index in [0.717, 1.165) is 9.81 Å². The summed E-state index contributed by atoms with van der Waals surface area (Å²) < 4.78 is 1.05. The van der Waals surface area contributed by atoms with Crippen LogP contribution in [-0.4, -0.2) is 0 Å². The standard InChI is InChI=1S/C10H10Br2/c1-2-9(10(11)12)8-6-4-3-5-7-8/h3-7H,2H2,1H3. The average Bonchev–Trinajstić information content (AvgIpc) is 2.07. The zero-order chi connectivity index (χ0) is 8.97. The van der Waals surface area contributed by atoms with Crippen molar-refractivity contribution in [2.45, 2.75) is 13.3 Å². The van der Waals surface area contributed by atoms with Crippen molar-refractivity contribution in [1.29, 1.82) is 0 Å². The lowest BCUT2D eigenvalue weighted by Crippen LogP contribution is -1.81. The van der Waals surface area contributed by atoms with Crippen molar-refractivity contribution in [3.63, 3.8) is 0 Å². The molecule has 0 spiro atoms. The maximum absolute atomic E-state index is 3.43. The SMILES string of the molecule is CCC(=C(Br)Br)c1ccccc1. The number of benzene rings is 1. The van der Waals surface area contributed by atoms with Crippen LogP contribution in [0.2, 0.25) is 0 Å². The van der Waals surface area contributed by atoms with Crippen LogP contribution in [0.15, 0.2) is 33.7 Å². The van der Waals surface area contributed by atoms with Crippen LogP contribution in [0.1, 0.15) is 18.9 Å². The molecule has 0 nitrogen and oxygen atoms in total. The van der Waals surface area contributed by atoms with Gasteiger partial charge in [0.05, 0.1) is 3.39 Å². The Bertz CT molecular complexity index is 271.